The first kappa shape index (κ1) is 17.0. The van der Waals surface area contributed by atoms with Crippen molar-refractivity contribution in [2.24, 2.45) is 5.73 Å². The van der Waals surface area contributed by atoms with Crippen LogP contribution in [0.5, 0.6) is 0 Å². The van der Waals surface area contributed by atoms with Crippen LogP contribution in [0.2, 0.25) is 0 Å². The van der Waals surface area contributed by atoms with Crippen LogP contribution >= 0.6 is 0 Å². The maximum absolute atomic E-state index is 11.2. The van der Waals surface area contributed by atoms with Crippen LogP contribution in [-0.4, -0.2) is 25.6 Å². The number of aryl methyl sites for hydroxylation is 3. The SMILES string of the molecule is Cc1noc(C)c1-c1cnc2nc(C)n(Cc3ccc(C(N)=O)cc3)c2c1. The van der Waals surface area contributed by atoms with Gasteiger partial charge < -0.3 is 14.8 Å². The van der Waals surface area contributed by atoms with Crippen molar-refractivity contribution in [3.8, 4) is 11.1 Å². The molecule has 0 aliphatic rings. The van der Waals surface area contributed by atoms with E-state index in [-0.39, 0.29) is 0 Å². The summed E-state index contributed by atoms with van der Waals surface area (Å²) in [6.45, 7) is 6.38. The van der Waals surface area contributed by atoms with E-state index >= 15 is 0 Å². The molecule has 0 atom stereocenters. The van der Waals surface area contributed by atoms with Crippen molar-refractivity contribution in [1.29, 1.82) is 0 Å². The van der Waals surface area contributed by atoms with Crippen molar-refractivity contribution in [3.05, 3.63) is 64.9 Å². The smallest absolute Gasteiger partial charge is 0.248 e. The zero-order chi connectivity index (χ0) is 19.1. The summed E-state index contributed by atoms with van der Waals surface area (Å²) in [6, 6.07) is 9.33. The van der Waals surface area contributed by atoms with Crippen LogP contribution < -0.4 is 5.73 Å². The Balaban J connectivity index is 1.77. The molecule has 3 aromatic heterocycles. The molecule has 0 spiro atoms. The number of carbonyl (C=O) groups is 1. The van der Waals surface area contributed by atoms with Gasteiger partial charge in [-0.15, -0.1) is 0 Å². The molecule has 0 bridgehead atoms. The molecule has 7 heteroatoms. The van der Waals surface area contributed by atoms with Gasteiger partial charge in [-0.1, -0.05) is 17.3 Å². The average molecular weight is 361 g/mol. The average Bonchev–Trinajstić information content (AvgIpc) is 3.14. The molecule has 27 heavy (non-hydrogen) atoms. The number of primary amides is 1. The van der Waals surface area contributed by atoms with Crippen LogP contribution in [0.25, 0.3) is 22.3 Å². The first-order valence-electron chi connectivity index (χ1n) is 8.59. The summed E-state index contributed by atoms with van der Waals surface area (Å²) in [5.41, 5.74) is 11.2. The summed E-state index contributed by atoms with van der Waals surface area (Å²) in [5, 5.41) is 4.03. The van der Waals surface area contributed by atoms with Gasteiger partial charge in [0.2, 0.25) is 5.91 Å². The Morgan fingerprint density at radius 3 is 2.56 bits per heavy atom. The van der Waals surface area contributed by atoms with Gasteiger partial charge in [-0.2, -0.15) is 0 Å². The fourth-order valence-corrected chi connectivity index (χ4v) is 3.31. The number of rotatable bonds is 4. The van der Waals surface area contributed by atoms with Crippen molar-refractivity contribution in [1.82, 2.24) is 19.7 Å². The van der Waals surface area contributed by atoms with Gasteiger partial charge in [0, 0.05) is 29.4 Å². The van der Waals surface area contributed by atoms with Gasteiger partial charge in [0.15, 0.2) is 5.65 Å². The van der Waals surface area contributed by atoms with Crippen LogP contribution in [0, 0.1) is 20.8 Å². The zero-order valence-corrected chi connectivity index (χ0v) is 15.4. The van der Waals surface area contributed by atoms with Crippen LogP contribution in [0.4, 0.5) is 0 Å². The lowest BCUT2D eigenvalue weighted by Crippen LogP contribution is -2.11. The molecular weight excluding hydrogens is 342 g/mol. The Kier molecular flexibility index (Phi) is 3.99. The number of hydrogen-bond acceptors (Lipinski definition) is 5. The van der Waals surface area contributed by atoms with E-state index in [1.54, 1.807) is 18.3 Å². The first-order chi connectivity index (χ1) is 12.9. The van der Waals surface area contributed by atoms with E-state index < -0.39 is 5.91 Å². The Labute approximate surface area is 155 Å². The first-order valence-corrected chi connectivity index (χ1v) is 8.59. The van der Waals surface area contributed by atoms with E-state index in [1.807, 2.05) is 32.9 Å². The van der Waals surface area contributed by atoms with E-state index in [9.17, 15) is 4.79 Å². The van der Waals surface area contributed by atoms with Crippen LogP contribution in [-0.2, 0) is 6.54 Å². The third-order valence-corrected chi connectivity index (χ3v) is 4.70. The third-order valence-electron chi connectivity index (χ3n) is 4.70. The van der Waals surface area contributed by atoms with Crippen LogP contribution in [0.15, 0.2) is 41.1 Å². The Morgan fingerprint density at radius 1 is 1.19 bits per heavy atom. The molecule has 1 aromatic carbocycles. The summed E-state index contributed by atoms with van der Waals surface area (Å²) in [5.74, 6) is 1.20. The molecule has 4 aromatic rings. The molecule has 7 nitrogen and oxygen atoms in total. The number of benzene rings is 1. The minimum Gasteiger partial charge on any atom is -0.366 e. The molecule has 0 radical (unpaired) electrons. The fraction of sp³-hybridized carbons (Fsp3) is 0.200. The van der Waals surface area contributed by atoms with Gasteiger partial charge >= 0.3 is 0 Å². The highest BCUT2D eigenvalue weighted by molar-refractivity contribution is 5.92. The Morgan fingerprint density at radius 2 is 1.93 bits per heavy atom. The zero-order valence-electron chi connectivity index (χ0n) is 15.4. The van der Waals surface area contributed by atoms with Crippen molar-refractivity contribution in [2.45, 2.75) is 27.3 Å². The van der Waals surface area contributed by atoms with Crippen LogP contribution in [0.1, 0.15) is 33.2 Å². The standard InChI is InChI=1S/C20H19N5O2/c1-11-18(12(2)27-24-11)16-8-17-20(22-9-16)23-13(3)25(17)10-14-4-6-15(7-5-14)19(21)26/h4-9H,10H2,1-3H3,(H2,21,26). The van der Waals surface area contributed by atoms with Gasteiger partial charge in [-0.3, -0.25) is 4.79 Å². The second-order valence-corrected chi connectivity index (χ2v) is 6.57. The molecule has 136 valence electrons. The van der Waals surface area contributed by atoms with Crippen molar-refractivity contribution in [2.75, 3.05) is 0 Å². The fourth-order valence-electron chi connectivity index (χ4n) is 3.31. The number of fused-ring (bicyclic) bond motifs is 1. The van der Waals surface area contributed by atoms with E-state index in [0.717, 1.165) is 39.5 Å². The second-order valence-electron chi connectivity index (χ2n) is 6.57. The molecule has 3 heterocycles. The highest BCUT2D eigenvalue weighted by Crippen LogP contribution is 2.29. The topological polar surface area (TPSA) is 99.8 Å². The van der Waals surface area contributed by atoms with Crippen molar-refractivity contribution < 1.29 is 9.32 Å². The number of aromatic nitrogens is 4. The summed E-state index contributed by atoms with van der Waals surface area (Å²) < 4.78 is 7.39. The number of pyridine rings is 1. The molecule has 1 amide bonds. The third kappa shape index (κ3) is 2.97. The highest BCUT2D eigenvalue weighted by atomic mass is 16.5. The molecular formula is C20H19N5O2. The van der Waals surface area contributed by atoms with Crippen molar-refractivity contribution in [3.63, 3.8) is 0 Å². The van der Waals surface area contributed by atoms with Crippen molar-refractivity contribution >= 4 is 17.1 Å². The maximum atomic E-state index is 11.2. The van der Waals surface area contributed by atoms with Gasteiger partial charge in [0.05, 0.1) is 11.2 Å². The number of carbonyl (C=O) groups excluding carboxylic acids is 1. The summed E-state index contributed by atoms with van der Waals surface area (Å²) in [4.78, 5) is 20.3. The van der Waals surface area contributed by atoms with Gasteiger partial charge in [-0.25, -0.2) is 9.97 Å². The number of nitrogens with two attached hydrogens (primary N) is 1. The lowest BCUT2D eigenvalue weighted by Gasteiger charge is -2.08. The van der Waals surface area contributed by atoms with Gasteiger partial charge in [0.25, 0.3) is 0 Å². The molecule has 2 N–H and O–H groups in total. The van der Waals surface area contributed by atoms with Gasteiger partial charge in [-0.05, 0) is 44.5 Å². The number of amides is 1. The normalized spacial score (nSPS) is 11.2. The number of imidazole rings is 1. The number of hydrogen-bond donors (Lipinski definition) is 1. The lowest BCUT2D eigenvalue weighted by molar-refractivity contribution is 0.100. The second kappa shape index (κ2) is 6.35. The molecule has 0 aliphatic carbocycles. The lowest BCUT2D eigenvalue weighted by atomic mass is 10.1. The minimum absolute atomic E-state index is 0.431. The highest BCUT2D eigenvalue weighted by Gasteiger charge is 2.15. The van der Waals surface area contributed by atoms with Crippen LogP contribution in [0.3, 0.4) is 0 Å². The maximum Gasteiger partial charge on any atom is 0.248 e. The summed E-state index contributed by atoms with van der Waals surface area (Å²) >= 11 is 0. The molecule has 0 aliphatic heterocycles. The Bertz CT molecular complexity index is 1140. The van der Waals surface area contributed by atoms with Gasteiger partial charge in [0.1, 0.15) is 11.6 Å². The molecule has 0 saturated heterocycles. The predicted molar refractivity (Wildman–Crippen MR) is 101 cm³/mol. The quantitative estimate of drug-likeness (QED) is 0.602. The number of nitrogens with zero attached hydrogens (tertiary/aromatic N) is 4. The predicted octanol–water partition coefficient (Wildman–Crippen LogP) is 3.16. The summed E-state index contributed by atoms with van der Waals surface area (Å²) in [6.07, 6.45) is 1.80. The molecule has 4 rings (SSSR count). The van der Waals surface area contributed by atoms with E-state index in [2.05, 4.69) is 25.8 Å². The monoisotopic (exact) mass is 361 g/mol. The molecule has 0 fully saturated rings. The molecule has 0 saturated carbocycles. The van der Waals surface area contributed by atoms with E-state index in [1.165, 1.54) is 0 Å². The van der Waals surface area contributed by atoms with E-state index in [4.69, 9.17) is 10.3 Å². The Hall–Kier alpha value is -3.48. The minimum atomic E-state index is -0.431. The molecule has 0 unspecified atom stereocenters. The summed E-state index contributed by atoms with van der Waals surface area (Å²) in [7, 11) is 0. The largest absolute Gasteiger partial charge is 0.366 e. The van der Waals surface area contributed by atoms with E-state index in [0.29, 0.717) is 17.8 Å².